The number of oxime groups is 1. The smallest absolute Gasteiger partial charge is 0.298 e. The minimum Gasteiger partial charge on any atom is -0.429 e. The zero-order chi connectivity index (χ0) is 15.8. The van der Waals surface area contributed by atoms with Gasteiger partial charge in [0.1, 0.15) is 31.4 Å². The number of nitrogens with one attached hydrogen (secondary N) is 1. The maximum atomic E-state index is 12.1. The van der Waals surface area contributed by atoms with Crippen molar-refractivity contribution in [2.24, 2.45) is 5.16 Å². The third-order valence-corrected chi connectivity index (χ3v) is 3.28. The second kappa shape index (κ2) is 8.32. The van der Waals surface area contributed by atoms with Crippen molar-refractivity contribution in [3.8, 4) is 10.9 Å². The second-order valence-corrected chi connectivity index (χ2v) is 5.06. The number of amides is 1. The summed E-state index contributed by atoms with van der Waals surface area (Å²) in [5.41, 5.74) is 0.501. The Morgan fingerprint density at radius 2 is 2.18 bits per heavy atom. The van der Waals surface area contributed by atoms with E-state index in [9.17, 15) is 4.79 Å². The summed E-state index contributed by atoms with van der Waals surface area (Å²) in [6.45, 7) is 0. The highest BCUT2D eigenvalue weighted by molar-refractivity contribution is 7.93. The lowest BCUT2D eigenvalue weighted by molar-refractivity contribution is -0.113. The number of ether oxygens (including phenoxy) is 1. The fourth-order valence-corrected chi connectivity index (χ4v) is 2.15. The SMILES string of the molecule is CO/N=C(/C(=O)NSOC)c1ccccc1Oc1ncns1. The molecule has 0 radical (unpaired) electrons. The van der Waals surface area contributed by atoms with Gasteiger partial charge in [-0.2, -0.15) is 9.36 Å². The summed E-state index contributed by atoms with van der Waals surface area (Å²) in [6.07, 6.45) is 1.38. The molecule has 0 spiro atoms. The number of nitrogens with zero attached hydrogens (tertiary/aromatic N) is 3. The summed E-state index contributed by atoms with van der Waals surface area (Å²) in [7, 11) is 2.79. The van der Waals surface area contributed by atoms with Gasteiger partial charge in [0, 0.05) is 11.5 Å². The van der Waals surface area contributed by atoms with E-state index in [0.717, 1.165) is 23.8 Å². The molecule has 8 nitrogen and oxygen atoms in total. The molecule has 2 rings (SSSR count). The van der Waals surface area contributed by atoms with Crippen molar-refractivity contribution in [3.05, 3.63) is 36.2 Å². The first-order valence-electron chi connectivity index (χ1n) is 5.91. The summed E-state index contributed by atoms with van der Waals surface area (Å²) in [6, 6.07) is 6.90. The number of rotatable bonds is 7. The standard InChI is InChI=1S/C12H12N4O4S2/c1-18-15-10(11(17)16-22-19-2)8-5-3-4-6-9(8)20-12-13-7-14-21-12/h3-7H,1-2H3,(H,16,17)/b15-10+. The molecule has 0 atom stereocenters. The molecule has 0 saturated carbocycles. The van der Waals surface area contributed by atoms with E-state index in [1.807, 2.05) is 0 Å². The molecular formula is C12H12N4O4S2. The van der Waals surface area contributed by atoms with Gasteiger partial charge in [-0.1, -0.05) is 17.3 Å². The van der Waals surface area contributed by atoms with Crippen LogP contribution in [0.25, 0.3) is 0 Å². The van der Waals surface area contributed by atoms with Gasteiger partial charge in [0.25, 0.3) is 11.1 Å². The van der Waals surface area contributed by atoms with E-state index in [4.69, 9.17) is 13.8 Å². The molecule has 1 aromatic carbocycles. The molecule has 116 valence electrons. The Hall–Kier alpha value is -2.17. The van der Waals surface area contributed by atoms with E-state index < -0.39 is 5.91 Å². The Morgan fingerprint density at radius 1 is 1.36 bits per heavy atom. The molecular weight excluding hydrogens is 328 g/mol. The minimum absolute atomic E-state index is 0.0483. The van der Waals surface area contributed by atoms with Crippen LogP contribution in [0.3, 0.4) is 0 Å². The number of hydrogen-bond acceptors (Lipinski definition) is 9. The predicted octanol–water partition coefficient (Wildman–Crippen LogP) is 2.01. The normalized spacial score (nSPS) is 11.1. The van der Waals surface area contributed by atoms with Crippen LogP contribution >= 0.6 is 23.8 Å². The third-order valence-electron chi connectivity index (χ3n) is 2.30. The molecule has 0 fully saturated rings. The minimum atomic E-state index is -0.484. The van der Waals surface area contributed by atoms with Crippen molar-refractivity contribution in [1.82, 2.24) is 14.1 Å². The highest BCUT2D eigenvalue weighted by Gasteiger charge is 2.20. The topological polar surface area (TPSA) is 94.9 Å². The lowest BCUT2D eigenvalue weighted by Gasteiger charge is -2.10. The zero-order valence-corrected chi connectivity index (χ0v) is 13.3. The number of para-hydroxylation sites is 1. The van der Waals surface area contributed by atoms with Gasteiger partial charge >= 0.3 is 0 Å². The summed E-state index contributed by atoms with van der Waals surface area (Å²) in [5.74, 6) is -0.0744. The van der Waals surface area contributed by atoms with E-state index in [1.54, 1.807) is 24.3 Å². The van der Waals surface area contributed by atoms with Crippen molar-refractivity contribution < 1.29 is 18.6 Å². The van der Waals surface area contributed by atoms with Crippen molar-refractivity contribution >= 4 is 35.4 Å². The van der Waals surface area contributed by atoms with Crippen molar-refractivity contribution in [3.63, 3.8) is 0 Å². The van der Waals surface area contributed by atoms with Crippen molar-refractivity contribution in [1.29, 1.82) is 0 Å². The molecule has 0 saturated heterocycles. The van der Waals surface area contributed by atoms with Crippen LogP contribution in [0.5, 0.6) is 10.9 Å². The molecule has 22 heavy (non-hydrogen) atoms. The van der Waals surface area contributed by atoms with Crippen LogP contribution < -0.4 is 9.46 Å². The average Bonchev–Trinajstić information content (AvgIpc) is 3.04. The first-order chi connectivity index (χ1) is 10.8. The Morgan fingerprint density at radius 3 is 2.86 bits per heavy atom. The molecule has 1 heterocycles. The summed E-state index contributed by atoms with van der Waals surface area (Å²) in [5, 5.41) is 4.12. The number of aromatic nitrogens is 2. The van der Waals surface area contributed by atoms with Crippen LogP contribution in [0.4, 0.5) is 0 Å². The second-order valence-electron chi connectivity index (χ2n) is 3.61. The monoisotopic (exact) mass is 340 g/mol. The van der Waals surface area contributed by atoms with Crippen molar-refractivity contribution in [2.75, 3.05) is 14.2 Å². The molecule has 0 aliphatic heterocycles. The van der Waals surface area contributed by atoms with Crippen LogP contribution in [0, 0.1) is 0 Å². The van der Waals surface area contributed by atoms with Crippen LogP contribution in [0.2, 0.25) is 0 Å². The molecule has 0 bridgehead atoms. The summed E-state index contributed by atoms with van der Waals surface area (Å²) < 4.78 is 16.7. The first-order valence-corrected chi connectivity index (χ1v) is 7.42. The van der Waals surface area contributed by atoms with Gasteiger partial charge in [0.2, 0.25) is 0 Å². The van der Waals surface area contributed by atoms with Gasteiger partial charge < -0.3 is 13.8 Å². The fourth-order valence-electron chi connectivity index (χ4n) is 1.49. The van der Waals surface area contributed by atoms with Gasteiger partial charge in [-0.3, -0.25) is 9.52 Å². The van der Waals surface area contributed by atoms with Gasteiger partial charge in [-0.25, -0.2) is 0 Å². The van der Waals surface area contributed by atoms with E-state index in [-0.39, 0.29) is 5.71 Å². The van der Waals surface area contributed by atoms with Gasteiger partial charge in [-0.05, 0) is 12.1 Å². The Labute approximate surface area is 135 Å². The maximum Gasteiger partial charge on any atom is 0.298 e. The van der Waals surface area contributed by atoms with E-state index in [0.29, 0.717) is 16.5 Å². The van der Waals surface area contributed by atoms with Gasteiger partial charge in [0.15, 0.2) is 5.71 Å². The lowest BCUT2D eigenvalue weighted by Crippen LogP contribution is -2.27. The molecule has 1 N–H and O–H groups in total. The Kier molecular flexibility index (Phi) is 6.13. The molecule has 1 amide bonds. The highest BCUT2D eigenvalue weighted by Crippen LogP contribution is 2.26. The van der Waals surface area contributed by atoms with E-state index >= 15 is 0 Å². The molecule has 0 unspecified atom stereocenters. The Balaban J connectivity index is 2.31. The van der Waals surface area contributed by atoms with E-state index in [1.165, 1.54) is 20.5 Å². The molecule has 0 aliphatic carbocycles. The van der Waals surface area contributed by atoms with Crippen LogP contribution in [0.15, 0.2) is 35.7 Å². The predicted molar refractivity (Wildman–Crippen MR) is 82.7 cm³/mol. The fraction of sp³-hybridized carbons (Fsp3) is 0.167. The third kappa shape index (κ3) is 4.16. The van der Waals surface area contributed by atoms with Crippen LogP contribution in [0.1, 0.15) is 5.56 Å². The molecule has 10 heteroatoms. The summed E-state index contributed by atoms with van der Waals surface area (Å²) >= 11 is 1.87. The number of hydrogen-bond donors (Lipinski definition) is 1. The number of carbonyl (C=O) groups is 1. The summed E-state index contributed by atoms with van der Waals surface area (Å²) in [4.78, 5) is 20.8. The quantitative estimate of drug-likeness (QED) is 0.356. The van der Waals surface area contributed by atoms with Crippen LogP contribution in [-0.2, 0) is 13.8 Å². The molecule has 0 aliphatic rings. The largest absolute Gasteiger partial charge is 0.429 e. The highest BCUT2D eigenvalue weighted by atomic mass is 32.2. The lowest BCUT2D eigenvalue weighted by atomic mass is 10.1. The number of carbonyl (C=O) groups excluding carboxylic acids is 1. The van der Waals surface area contributed by atoms with Crippen molar-refractivity contribution in [2.45, 2.75) is 0 Å². The number of benzene rings is 1. The molecule has 2 aromatic rings. The van der Waals surface area contributed by atoms with Gasteiger partial charge in [0.05, 0.1) is 12.7 Å². The molecule has 1 aromatic heterocycles. The van der Waals surface area contributed by atoms with Crippen LogP contribution in [-0.4, -0.2) is 35.2 Å². The maximum absolute atomic E-state index is 12.1. The zero-order valence-electron chi connectivity index (χ0n) is 11.7. The van der Waals surface area contributed by atoms with E-state index in [2.05, 4.69) is 19.2 Å². The average molecular weight is 340 g/mol. The van der Waals surface area contributed by atoms with Gasteiger partial charge in [-0.15, -0.1) is 0 Å². The Bertz CT molecular complexity index is 648. The first kappa shape index (κ1) is 16.2.